The first-order valence-electron chi connectivity index (χ1n) is 9.46. The Morgan fingerprint density at radius 3 is 2.43 bits per heavy atom. The van der Waals surface area contributed by atoms with Crippen LogP contribution >= 0.6 is 0 Å². The Morgan fingerprint density at radius 1 is 1.04 bits per heavy atom. The molecule has 28 heavy (non-hydrogen) atoms. The fourth-order valence-corrected chi connectivity index (χ4v) is 3.69. The predicted molar refractivity (Wildman–Crippen MR) is 108 cm³/mol. The maximum atomic E-state index is 13.4. The zero-order chi connectivity index (χ0) is 19.7. The van der Waals surface area contributed by atoms with Crippen molar-refractivity contribution in [3.63, 3.8) is 0 Å². The smallest absolute Gasteiger partial charge is 0.259 e. The van der Waals surface area contributed by atoms with Crippen molar-refractivity contribution in [1.29, 1.82) is 0 Å². The summed E-state index contributed by atoms with van der Waals surface area (Å²) in [6, 6.07) is 16.5. The summed E-state index contributed by atoms with van der Waals surface area (Å²) in [7, 11) is 0. The van der Waals surface area contributed by atoms with Crippen LogP contribution in [0.2, 0.25) is 0 Å². The number of benzene rings is 2. The lowest BCUT2D eigenvalue weighted by Crippen LogP contribution is -2.47. The minimum atomic E-state index is -0.287. The zero-order valence-corrected chi connectivity index (χ0v) is 16.1. The van der Waals surface area contributed by atoms with Gasteiger partial charge in [-0.25, -0.2) is 9.37 Å². The minimum absolute atomic E-state index is 0.00475. The maximum absolute atomic E-state index is 13.4. The lowest BCUT2D eigenvalue weighted by atomic mass is 10.2. The molecule has 0 bridgehead atoms. The number of nitrogens with zero attached hydrogens (tertiary/aromatic N) is 4. The van der Waals surface area contributed by atoms with Gasteiger partial charge in [0.1, 0.15) is 5.82 Å². The second-order valence-corrected chi connectivity index (χ2v) is 7.06. The Morgan fingerprint density at radius 2 is 1.75 bits per heavy atom. The van der Waals surface area contributed by atoms with Crippen molar-refractivity contribution in [2.45, 2.75) is 33.5 Å². The summed E-state index contributed by atoms with van der Waals surface area (Å²) in [5, 5.41) is 0. The molecule has 3 aromatic rings. The van der Waals surface area contributed by atoms with Crippen LogP contribution < -0.4 is 10.5 Å². The Labute approximate surface area is 163 Å². The van der Waals surface area contributed by atoms with E-state index in [1.165, 1.54) is 17.7 Å². The molecule has 0 amide bonds. The van der Waals surface area contributed by atoms with E-state index in [0.717, 1.165) is 16.9 Å². The first-order chi connectivity index (χ1) is 13.6. The van der Waals surface area contributed by atoms with E-state index in [0.29, 0.717) is 32.3 Å². The van der Waals surface area contributed by atoms with E-state index in [2.05, 4.69) is 17.0 Å². The molecular weight excluding hydrogens is 355 g/mol. The van der Waals surface area contributed by atoms with Gasteiger partial charge in [-0.15, -0.1) is 0 Å². The average molecular weight is 378 g/mol. The van der Waals surface area contributed by atoms with Gasteiger partial charge in [-0.2, -0.15) is 0 Å². The summed E-state index contributed by atoms with van der Waals surface area (Å²) in [6.07, 6.45) is 0.646. The fraction of sp³-hybridized carbons (Fsp3) is 0.273. The van der Waals surface area contributed by atoms with Crippen molar-refractivity contribution in [2.75, 3.05) is 11.6 Å². The highest BCUT2D eigenvalue weighted by atomic mass is 19.1. The largest absolute Gasteiger partial charge is 0.298 e. The molecule has 0 radical (unpaired) electrons. The zero-order valence-electron chi connectivity index (χ0n) is 16.1. The third-order valence-corrected chi connectivity index (χ3v) is 5.11. The third kappa shape index (κ3) is 3.43. The molecule has 0 unspecified atom stereocenters. The molecule has 2 heterocycles. The van der Waals surface area contributed by atoms with Crippen LogP contribution in [0.4, 0.5) is 16.0 Å². The summed E-state index contributed by atoms with van der Waals surface area (Å²) >= 11 is 0. The summed E-state index contributed by atoms with van der Waals surface area (Å²) in [5.41, 5.74) is 3.47. The molecule has 0 aliphatic carbocycles. The highest BCUT2D eigenvalue weighted by Gasteiger charge is 2.27. The van der Waals surface area contributed by atoms with E-state index < -0.39 is 0 Å². The van der Waals surface area contributed by atoms with Gasteiger partial charge in [0.25, 0.3) is 5.56 Å². The Balaban J connectivity index is 1.79. The van der Waals surface area contributed by atoms with Crippen LogP contribution in [0.1, 0.15) is 23.7 Å². The fourth-order valence-electron chi connectivity index (χ4n) is 3.69. The van der Waals surface area contributed by atoms with Crippen molar-refractivity contribution >= 4 is 11.6 Å². The van der Waals surface area contributed by atoms with Gasteiger partial charge < -0.3 is 0 Å². The number of hydrogen-bond donors (Lipinski definition) is 0. The standard InChI is InChI=1S/C22H23FN4O/c1-3-20-16(2)24-22-26(19-11-9-18(23)10-12-19)14-25(15-27(22)21(20)28)13-17-7-5-4-6-8-17/h4-12H,3,13-15H2,1-2H3. The van der Waals surface area contributed by atoms with E-state index in [9.17, 15) is 9.18 Å². The monoisotopic (exact) mass is 378 g/mol. The molecule has 2 aromatic carbocycles. The Hall–Kier alpha value is -2.99. The molecule has 144 valence electrons. The van der Waals surface area contributed by atoms with Crippen LogP contribution in [0.5, 0.6) is 0 Å². The lowest BCUT2D eigenvalue weighted by molar-refractivity contribution is 0.189. The topological polar surface area (TPSA) is 41.4 Å². The molecule has 0 saturated heterocycles. The average Bonchev–Trinajstić information content (AvgIpc) is 2.70. The van der Waals surface area contributed by atoms with Crippen LogP contribution in [-0.4, -0.2) is 21.1 Å². The number of fused-ring (bicyclic) bond motifs is 1. The minimum Gasteiger partial charge on any atom is -0.298 e. The van der Waals surface area contributed by atoms with Gasteiger partial charge in [-0.3, -0.25) is 19.2 Å². The van der Waals surface area contributed by atoms with Crippen molar-refractivity contribution in [1.82, 2.24) is 14.5 Å². The Bertz CT molecular complexity index is 1030. The highest BCUT2D eigenvalue weighted by Crippen LogP contribution is 2.28. The highest BCUT2D eigenvalue weighted by molar-refractivity contribution is 5.58. The van der Waals surface area contributed by atoms with Gasteiger partial charge >= 0.3 is 0 Å². The van der Waals surface area contributed by atoms with E-state index in [1.54, 1.807) is 16.7 Å². The molecule has 6 heteroatoms. The van der Waals surface area contributed by atoms with E-state index in [-0.39, 0.29) is 11.4 Å². The maximum Gasteiger partial charge on any atom is 0.259 e. The van der Waals surface area contributed by atoms with E-state index in [1.807, 2.05) is 36.9 Å². The third-order valence-electron chi connectivity index (χ3n) is 5.11. The van der Waals surface area contributed by atoms with Gasteiger partial charge in [0, 0.05) is 23.5 Å². The molecule has 4 rings (SSSR count). The van der Waals surface area contributed by atoms with Crippen molar-refractivity contribution in [3.05, 3.63) is 87.6 Å². The number of aromatic nitrogens is 2. The van der Waals surface area contributed by atoms with Crippen molar-refractivity contribution < 1.29 is 4.39 Å². The van der Waals surface area contributed by atoms with Gasteiger partial charge in [-0.1, -0.05) is 37.3 Å². The number of hydrogen-bond acceptors (Lipinski definition) is 4. The normalized spacial score (nSPS) is 14.2. The van der Waals surface area contributed by atoms with E-state index >= 15 is 0 Å². The van der Waals surface area contributed by atoms with Crippen molar-refractivity contribution in [3.8, 4) is 0 Å². The van der Waals surface area contributed by atoms with Gasteiger partial charge in [0.05, 0.1) is 13.3 Å². The molecule has 0 spiro atoms. The Kier molecular flexibility index (Phi) is 4.96. The van der Waals surface area contributed by atoms with Crippen molar-refractivity contribution in [2.24, 2.45) is 0 Å². The number of aryl methyl sites for hydroxylation is 1. The van der Waals surface area contributed by atoms with Crippen LogP contribution in [0, 0.1) is 12.7 Å². The molecule has 5 nitrogen and oxygen atoms in total. The first kappa shape index (κ1) is 18.4. The molecule has 0 atom stereocenters. The lowest BCUT2D eigenvalue weighted by Gasteiger charge is -2.38. The molecule has 1 aliphatic rings. The second kappa shape index (κ2) is 7.56. The van der Waals surface area contributed by atoms with Crippen LogP contribution in [0.15, 0.2) is 59.4 Å². The summed E-state index contributed by atoms with van der Waals surface area (Å²) < 4.78 is 15.2. The second-order valence-electron chi connectivity index (χ2n) is 7.06. The van der Waals surface area contributed by atoms with Crippen LogP contribution in [-0.2, 0) is 19.6 Å². The number of halogens is 1. The molecule has 0 fully saturated rings. The quantitative estimate of drug-likeness (QED) is 0.692. The molecular formula is C22H23FN4O. The van der Waals surface area contributed by atoms with Crippen LogP contribution in [0.3, 0.4) is 0 Å². The SMILES string of the molecule is CCc1c(C)nc2n(c1=O)CN(Cc1ccccc1)CN2c1ccc(F)cc1. The summed E-state index contributed by atoms with van der Waals surface area (Å²) in [6.45, 7) is 5.60. The van der Waals surface area contributed by atoms with Crippen LogP contribution in [0.25, 0.3) is 0 Å². The van der Waals surface area contributed by atoms with Gasteiger partial charge in [0.15, 0.2) is 0 Å². The molecule has 1 aliphatic heterocycles. The summed E-state index contributed by atoms with van der Waals surface area (Å²) in [5.74, 6) is 0.320. The summed E-state index contributed by atoms with van der Waals surface area (Å²) in [4.78, 5) is 22.0. The molecule has 1 aromatic heterocycles. The van der Waals surface area contributed by atoms with Gasteiger partial charge in [0.2, 0.25) is 5.95 Å². The number of anilines is 2. The predicted octanol–water partition coefficient (Wildman–Crippen LogP) is 3.82. The number of rotatable bonds is 4. The van der Waals surface area contributed by atoms with E-state index in [4.69, 9.17) is 4.98 Å². The molecule has 0 saturated carbocycles. The first-order valence-corrected chi connectivity index (χ1v) is 9.46. The molecule has 0 N–H and O–H groups in total. The van der Waals surface area contributed by atoms with Gasteiger partial charge in [-0.05, 0) is 43.2 Å².